The van der Waals surface area contributed by atoms with Crippen molar-refractivity contribution in [3.63, 3.8) is 0 Å². The summed E-state index contributed by atoms with van der Waals surface area (Å²) in [6, 6.07) is 7.88. The molecule has 0 saturated carbocycles. The molecule has 7 heteroatoms. The minimum absolute atomic E-state index is 0.153. The predicted octanol–water partition coefficient (Wildman–Crippen LogP) is 2.34. The normalized spacial score (nSPS) is 12.9. The minimum Gasteiger partial charge on any atom is -0.338 e. The van der Waals surface area contributed by atoms with Crippen LogP contribution >= 0.6 is 0 Å². The van der Waals surface area contributed by atoms with Crippen LogP contribution in [0.25, 0.3) is 0 Å². The molecule has 1 rings (SSSR count). The fourth-order valence-corrected chi connectivity index (χ4v) is 3.49. The van der Waals surface area contributed by atoms with Crippen molar-refractivity contribution in [2.75, 3.05) is 20.1 Å². The van der Waals surface area contributed by atoms with Crippen LogP contribution in [0.5, 0.6) is 0 Å². The van der Waals surface area contributed by atoms with Gasteiger partial charge in [-0.05, 0) is 52.0 Å². The van der Waals surface area contributed by atoms with E-state index in [1.807, 2.05) is 6.92 Å². The first-order valence-electron chi connectivity index (χ1n) is 7.92. The lowest BCUT2D eigenvalue weighted by molar-refractivity contribution is 0.0752. The van der Waals surface area contributed by atoms with E-state index in [-0.39, 0.29) is 22.8 Å². The van der Waals surface area contributed by atoms with Crippen LogP contribution in [0, 0.1) is 17.2 Å². The minimum atomic E-state index is -3.56. The van der Waals surface area contributed by atoms with Gasteiger partial charge in [0.25, 0.3) is 5.91 Å². The summed E-state index contributed by atoms with van der Waals surface area (Å²) >= 11 is 0. The Labute approximate surface area is 144 Å². The summed E-state index contributed by atoms with van der Waals surface area (Å²) in [4.78, 5) is 14.2. The van der Waals surface area contributed by atoms with E-state index in [4.69, 9.17) is 5.26 Å². The Morgan fingerprint density at radius 1 is 1.21 bits per heavy atom. The van der Waals surface area contributed by atoms with Gasteiger partial charge in [-0.25, -0.2) is 8.42 Å². The number of carbonyl (C=O) groups excluding carboxylic acids is 1. The van der Waals surface area contributed by atoms with Gasteiger partial charge in [-0.15, -0.1) is 0 Å². The molecule has 0 radical (unpaired) electrons. The van der Waals surface area contributed by atoms with Crippen LogP contribution in [0.2, 0.25) is 0 Å². The number of hydrogen-bond donors (Lipinski definition) is 0. The fraction of sp³-hybridized carbons (Fsp3) is 0.529. The average molecular weight is 351 g/mol. The maximum atomic E-state index is 12.5. The molecule has 0 spiro atoms. The van der Waals surface area contributed by atoms with E-state index in [9.17, 15) is 13.2 Å². The highest BCUT2D eigenvalue weighted by Gasteiger charge is 2.24. The number of nitrogens with zero attached hydrogens (tertiary/aromatic N) is 3. The molecule has 0 fully saturated rings. The van der Waals surface area contributed by atoms with E-state index in [0.29, 0.717) is 18.7 Å². The maximum Gasteiger partial charge on any atom is 0.253 e. The van der Waals surface area contributed by atoms with Crippen molar-refractivity contribution in [3.05, 3.63) is 29.8 Å². The molecule has 1 aromatic carbocycles. The number of sulfonamides is 1. The SMILES string of the molecule is CCN(C[C@@H](C)C#N)C(=O)c1ccc(S(=O)(=O)N(C)C(C)C)cc1. The second-order valence-corrected chi connectivity index (χ2v) is 8.01. The summed E-state index contributed by atoms with van der Waals surface area (Å²) in [5.74, 6) is -0.464. The maximum absolute atomic E-state index is 12.5. The number of amides is 1. The van der Waals surface area contributed by atoms with Gasteiger partial charge < -0.3 is 4.90 Å². The third kappa shape index (κ3) is 4.56. The largest absolute Gasteiger partial charge is 0.338 e. The smallest absolute Gasteiger partial charge is 0.253 e. The zero-order valence-corrected chi connectivity index (χ0v) is 15.7. The Balaban J connectivity index is 3.02. The number of carbonyl (C=O) groups is 1. The van der Waals surface area contributed by atoms with E-state index in [1.54, 1.807) is 25.7 Å². The third-order valence-electron chi connectivity index (χ3n) is 3.89. The van der Waals surface area contributed by atoms with Crippen LogP contribution in [0.15, 0.2) is 29.2 Å². The highest BCUT2D eigenvalue weighted by atomic mass is 32.2. The van der Waals surface area contributed by atoms with Crippen molar-refractivity contribution in [1.82, 2.24) is 9.21 Å². The Hall–Kier alpha value is -1.91. The molecular weight excluding hydrogens is 326 g/mol. The number of hydrogen-bond acceptors (Lipinski definition) is 4. The summed E-state index contributed by atoms with van der Waals surface area (Å²) in [7, 11) is -2.04. The molecule has 24 heavy (non-hydrogen) atoms. The summed E-state index contributed by atoms with van der Waals surface area (Å²) in [6.07, 6.45) is 0. The molecule has 1 amide bonds. The van der Waals surface area contributed by atoms with Crippen LogP contribution in [-0.2, 0) is 10.0 Å². The van der Waals surface area contributed by atoms with Crippen molar-refractivity contribution < 1.29 is 13.2 Å². The van der Waals surface area contributed by atoms with E-state index in [1.165, 1.54) is 35.6 Å². The molecule has 6 nitrogen and oxygen atoms in total. The first kappa shape index (κ1) is 20.1. The first-order valence-corrected chi connectivity index (χ1v) is 9.36. The highest BCUT2D eigenvalue weighted by Crippen LogP contribution is 2.18. The average Bonchev–Trinajstić information content (AvgIpc) is 2.57. The van der Waals surface area contributed by atoms with Crippen molar-refractivity contribution in [3.8, 4) is 6.07 Å². The molecule has 0 heterocycles. The molecule has 0 aliphatic carbocycles. The van der Waals surface area contributed by atoms with Gasteiger partial charge in [0.1, 0.15) is 0 Å². The first-order chi connectivity index (χ1) is 11.1. The van der Waals surface area contributed by atoms with Gasteiger partial charge in [0.2, 0.25) is 10.0 Å². The zero-order chi connectivity index (χ0) is 18.5. The Morgan fingerprint density at radius 2 is 1.75 bits per heavy atom. The van der Waals surface area contributed by atoms with Crippen LogP contribution in [-0.4, -0.2) is 49.7 Å². The molecule has 0 bridgehead atoms. The Bertz CT molecular complexity index is 706. The molecule has 0 saturated heterocycles. The number of benzene rings is 1. The third-order valence-corrected chi connectivity index (χ3v) is 5.94. The van der Waals surface area contributed by atoms with Gasteiger partial charge in [0.15, 0.2) is 0 Å². The second-order valence-electron chi connectivity index (χ2n) is 6.01. The summed E-state index contributed by atoms with van der Waals surface area (Å²) in [5, 5.41) is 8.89. The molecule has 1 aromatic rings. The van der Waals surface area contributed by atoms with Gasteiger partial charge in [-0.2, -0.15) is 9.57 Å². The molecule has 0 aliphatic heterocycles. The van der Waals surface area contributed by atoms with Crippen molar-refractivity contribution in [2.24, 2.45) is 5.92 Å². The highest BCUT2D eigenvalue weighted by molar-refractivity contribution is 7.89. The summed E-state index contributed by atoms with van der Waals surface area (Å²) in [6.45, 7) is 8.03. The van der Waals surface area contributed by atoms with E-state index in [2.05, 4.69) is 6.07 Å². The lowest BCUT2D eigenvalue weighted by Crippen LogP contribution is -2.34. The van der Waals surface area contributed by atoms with E-state index in [0.717, 1.165) is 0 Å². The monoisotopic (exact) mass is 351 g/mol. The van der Waals surface area contributed by atoms with Crippen LogP contribution in [0.3, 0.4) is 0 Å². The molecule has 0 aliphatic rings. The number of nitriles is 1. The van der Waals surface area contributed by atoms with Gasteiger partial charge in [0, 0.05) is 31.7 Å². The van der Waals surface area contributed by atoms with Crippen LogP contribution in [0.4, 0.5) is 0 Å². The quantitative estimate of drug-likeness (QED) is 0.755. The van der Waals surface area contributed by atoms with E-state index >= 15 is 0 Å². The summed E-state index contributed by atoms with van der Waals surface area (Å²) in [5.41, 5.74) is 0.410. The predicted molar refractivity (Wildman–Crippen MR) is 92.9 cm³/mol. The molecular formula is C17H25N3O3S. The second kappa shape index (κ2) is 8.27. The summed E-state index contributed by atoms with van der Waals surface area (Å²) < 4.78 is 26.1. The molecule has 0 unspecified atom stereocenters. The molecule has 132 valence electrons. The Kier molecular flexibility index (Phi) is 6.93. The van der Waals surface area contributed by atoms with Gasteiger partial charge in [-0.3, -0.25) is 4.79 Å². The number of rotatable bonds is 7. The van der Waals surface area contributed by atoms with Gasteiger partial charge in [0.05, 0.1) is 16.9 Å². The van der Waals surface area contributed by atoms with Crippen LogP contribution in [0.1, 0.15) is 38.1 Å². The van der Waals surface area contributed by atoms with E-state index < -0.39 is 10.0 Å². The fourth-order valence-electron chi connectivity index (χ4n) is 2.12. The lowest BCUT2D eigenvalue weighted by Gasteiger charge is -2.23. The van der Waals surface area contributed by atoms with Gasteiger partial charge in [-0.1, -0.05) is 0 Å². The standard InChI is InChI=1S/C17H25N3O3S/c1-6-20(12-14(4)11-18)17(21)15-7-9-16(10-8-15)24(22,23)19(5)13(2)3/h7-10,13-14H,6,12H2,1-5H3/t14-/m0/s1. The van der Waals surface area contributed by atoms with Crippen molar-refractivity contribution in [1.29, 1.82) is 5.26 Å². The van der Waals surface area contributed by atoms with Crippen molar-refractivity contribution >= 4 is 15.9 Å². The Morgan fingerprint density at radius 3 is 2.17 bits per heavy atom. The lowest BCUT2D eigenvalue weighted by atomic mass is 10.1. The molecule has 0 aromatic heterocycles. The van der Waals surface area contributed by atoms with Crippen LogP contribution < -0.4 is 0 Å². The van der Waals surface area contributed by atoms with Gasteiger partial charge >= 0.3 is 0 Å². The topological polar surface area (TPSA) is 81.5 Å². The zero-order valence-electron chi connectivity index (χ0n) is 14.9. The van der Waals surface area contributed by atoms with Crippen molar-refractivity contribution in [2.45, 2.75) is 38.6 Å². The molecule has 1 atom stereocenters. The molecule has 0 N–H and O–H groups in total.